The number of aromatic nitrogens is 3. The Balaban J connectivity index is 1.73. The summed E-state index contributed by atoms with van der Waals surface area (Å²) in [5.41, 5.74) is 12.9. The van der Waals surface area contributed by atoms with Gasteiger partial charge in [-0.15, -0.1) is 0 Å². The molecule has 2 aromatic rings. The minimum atomic E-state index is -1.17. The number of nitrogen functional groups attached to an aromatic ring is 1. The molecule has 10 nitrogen and oxygen atoms in total. The van der Waals surface area contributed by atoms with Gasteiger partial charge in [0.2, 0.25) is 0 Å². The van der Waals surface area contributed by atoms with Crippen molar-refractivity contribution in [1.82, 2.24) is 14.5 Å². The minimum Gasteiger partial charge on any atom is -0.480 e. The van der Waals surface area contributed by atoms with Crippen molar-refractivity contribution in [3.63, 3.8) is 0 Å². The molecule has 11 heteroatoms. The molecule has 0 bridgehead atoms. The Hall–Kier alpha value is -2.18. The summed E-state index contributed by atoms with van der Waals surface area (Å²) in [6, 6.07) is 0.697. The lowest BCUT2D eigenvalue weighted by Gasteiger charge is -2.17. The van der Waals surface area contributed by atoms with Gasteiger partial charge in [-0.2, -0.15) is 0 Å². The molecule has 6 atom stereocenters. The highest BCUT2D eigenvalue weighted by molar-refractivity contribution is 7.97. The van der Waals surface area contributed by atoms with Crippen molar-refractivity contribution in [2.24, 2.45) is 5.73 Å². The molecule has 0 amide bonds. The summed E-state index contributed by atoms with van der Waals surface area (Å²) in [7, 11) is -0.298. The molecule has 158 valence electrons. The number of carbonyl (C=O) groups is 1. The highest BCUT2D eigenvalue weighted by atomic mass is 32.2. The molecule has 1 saturated heterocycles. The number of nitrogens with two attached hydrogens (primary N) is 2. The second-order valence-corrected chi connectivity index (χ2v) is 9.24. The van der Waals surface area contributed by atoms with Crippen LogP contribution in [-0.4, -0.2) is 77.4 Å². The van der Waals surface area contributed by atoms with E-state index in [4.69, 9.17) is 21.3 Å². The average molecular weight is 425 g/mol. The molecule has 1 fully saturated rings. The van der Waals surface area contributed by atoms with Gasteiger partial charge in [0.1, 0.15) is 47.1 Å². The zero-order valence-corrected chi connectivity index (χ0v) is 16.6. The van der Waals surface area contributed by atoms with E-state index in [1.807, 2.05) is 0 Å². The Kier molecular flexibility index (Phi) is 6.75. The summed E-state index contributed by atoms with van der Waals surface area (Å²) in [6.07, 6.45) is 1.33. The monoisotopic (exact) mass is 424 g/mol. The number of fused-ring (bicyclic) bond motifs is 1. The Morgan fingerprint density at radius 1 is 1.41 bits per heavy atom. The van der Waals surface area contributed by atoms with Gasteiger partial charge in [-0.25, -0.2) is 9.97 Å². The maximum Gasteiger partial charge on any atom is 0.320 e. The largest absolute Gasteiger partial charge is 0.480 e. The van der Waals surface area contributed by atoms with Gasteiger partial charge in [-0.05, 0) is 23.0 Å². The zero-order chi connectivity index (χ0) is 21.1. The van der Waals surface area contributed by atoms with Crippen LogP contribution in [0.15, 0.2) is 31.2 Å². The number of aliphatic hydroxyl groups excluding tert-OH is 2. The van der Waals surface area contributed by atoms with E-state index in [0.29, 0.717) is 40.5 Å². The van der Waals surface area contributed by atoms with Crippen LogP contribution >= 0.6 is 0 Å². The van der Waals surface area contributed by atoms with Crippen LogP contribution in [0.3, 0.4) is 0 Å². The van der Waals surface area contributed by atoms with E-state index < -0.39 is 36.6 Å². The summed E-state index contributed by atoms with van der Waals surface area (Å²) in [5, 5.41) is 30.1. The quantitative estimate of drug-likeness (QED) is 0.256. The molecule has 0 aliphatic carbocycles. The van der Waals surface area contributed by atoms with Gasteiger partial charge in [-0.1, -0.05) is 6.58 Å². The fourth-order valence-electron chi connectivity index (χ4n) is 3.29. The van der Waals surface area contributed by atoms with Gasteiger partial charge >= 0.3 is 5.97 Å². The van der Waals surface area contributed by atoms with Crippen LogP contribution in [0.4, 0.5) is 5.69 Å². The molecule has 7 N–H and O–H groups in total. The number of carboxylic acid groups (broad SMARTS) is 1. The van der Waals surface area contributed by atoms with E-state index in [1.54, 1.807) is 16.7 Å². The van der Waals surface area contributed by atoms with Crippen LogP contribution in [0.25, 0.3) is 11.2 Å². The third-order valence-electron chi connectivity index (χ3n) is 4.89. The first-order valence-corrected chi connectivity index (χ1v) is 10.9. The van der Waals surface area contributed by atoms with Gasteiger partial charge in [0, 0.05) is 12.6 Å². The first-order chi connectivity index (χ1) is 13.8. The molecule has 3 rings (SSSR count). The van der Waals surface area contributed by atoms with Crippen LogP contribution in [0.2, 0.25) is 0 Å². The van der Waals surface area contributed by atoms with Crippen LogP contribution < -0.4 is 11.5 Å². The topological polar surface area (TPSA) is 170 Å². The van der Waals surface area contributed by atoms with Crippen molar-refractivity contribution in [3.8, 4) is 0 Å². The predicted molar refractivity (Wildman–Crippen MR) is 110 cm³/mol. The molecule has 0 radical (unpaired) electrons. The molecule has 1 aliphatic heterocycles. The fraction of sp³-hybridized carbons (Fsp3) is 0.500. The smallest absolute Gasteiger partial charge is 0.320 e. The van der Waals surface area contributed by atoms with Crippen molar-refractivity contribution in [2.75, 3.05) is 23.0 Å². The third kappa shape index (κ3) is 4.54. The number of ether oxygens (including phenoxy) is 1. The Labute approximate surface area is 170 Å². The van der Waals surface area contributed by atoms with Gasteiger partial charge in [0.15, 0.2) is 11.9 Å². The number of carboxylic acids is 1. The van der Waals surface area contributed by atoms with E-state index in [9.17, 15) is 15.0 Å². The molecular formula is C18H26N5O5S+. The first kappa shape index (κ1) is 21.5. The molecule has 2 unspecified atom stereocenters. The lowest BCUT2D eigenvalue weighted by Crippen LogP contribution is -2.38. The van der Waals surface area contributed by atoms with Crippen molar-refractivity contribution in [2.45, 2.75) is 37.0 Å². The Bertz CT molecular complexity index is 877. The van der Waals surface area contributed by atoms with Crippen LogP contribution in [-0.2, 0) is 20.4 Å². The molecule has 29 heavy (non-hydrogen) atoms. The Morgan fingerprint density at radius 3 is 2.86 bits per heavy atom. The SMILES string of the molecule is C=CC[S+](CC[C@H](N)C(=O)O)C[C@H]1O[C@@H](n2cnc3c(N)ccnc32)[C@@H](O)C1O. The summed E-state index contributed by atoms with van der Waals surface area (Å²) >= 11 is 0. The summed E-state index contributed by atoms with van der Waals surface area (Å²) in [6.45, 7) is 3.74. The van der Waals surface area contributed by atoms with Gasteiger partial charge in [-0.3, -0.25) is 9.36 Å². The number of anilines is 1. The normalized spacial score (nSPS) is 26.4. The molecule has 0 spiro atoms. The molecular weight excluding hydrogens is 398 g/mol. The van der Waals surface area contributed by atoms with Gasteiger partial charge in [0.05, 0.1) is 12.0 Å². The number of aliphatic carboxylic acids is 1. The van der Waals surface area contributed by atoms with Gasteiger partial charge in [0.25, 0.3) is 0 Å². The first-order valence-electron chi connectivity index (χ1n) is 9.15. The summed E-state index contributed by atoms with van der Waals surface area (Å²) < 4.78 is 7.54. The lowest BCUT2D eigenvalue weighted by atomic mass is 10.1. The molecule has 0 saturated carbocycles. The van der Waals surface area contributed by atoms with Crippen molar-refractivity contribution < 1.29 is 24.9 Å². The summed E-state index contributed by atoms with van der Waals surface area (Å²) in [5.74, 6) is 0.624. The third-order valence-corrected chi connectivity index (χ3v) is 7.21. The number of hydrogen-bond acceptors (Lipinski definition) is 8. The number of imidazole rings is 1. The van der Waals surface area contributed by atoms with Crippen LogP contribution in [0.1, 0.15) is 12.6 Å². The van der Waals surface area contributed by atoms with E-state index in [1.165, 1.54) is 12.5 Å². The van der Waals surface area contributed by atoms with Crippen molar-refractivity contribution in [3.05, 3.63) is 31.2 Å². The fourth-order valence-corrected chi connectivity index (χ4v) is 5.42. The lowest BCUT2D eigenvalue weighted by molar-refractivity contribution is -0.138. The average Bonchev–Trinajstić information content (AvgIpc) is 3.23. The molecule has 2 aromatic heterocycles. The maximum absolute atomic E-state index is 11.0. The highest BCUT2D eigenvalue weighted by Gasteiger charge is 2.47. The number of hydrogen-bond donors (Lipinski definition) is 5. The molecule has 0 aromatic carbocycles. The minimum absolute atomic E-state index is 0.298. The van der Waals surface area contributed by atoms with Crippen LogP contribution in [0.5, 0.6) is 0 Å². The van der Waals surface area contributed by atoms with E-state index in [-0.39, 0.29) is 10.9 Å². The highest BCUT2D eigenvalue weighted by Crippen LogP contribution is 2.33. The van der Waals surface area contributed by atoms with Crippen molar-refractivity contribution >= 4 is 33.7 Å². The molecule has 3 heterocycles. The zero-order valence-electron chi connectivity index (χ0n) is 15.8. The molecule has 1 aliphatic rings. The maximum atomic E-state index is 11.0. The van der Waals surface area contributed by atoms with Gasteiger partial charge < -0.3 is 31.5 Å². The number of pyridine rings is 1. The number of aliphatic hydroxyl groups is 2. The number of nitrogens with zero attached hydrogens (tertiary/aromatic N) is 3. The standard InChI is InChI=1S/C18H25N5O5S/c1-2-6-29(7-4-11(20)18(26)27)8-12-14(24)15(25)17(28-12)23-9-22-13-10(19)3-5-21-16(13)23/h2-3,5,9,11-12,14-15,17,24-25H,1,4,6-8,20H2,(H2-,19,21,26,27)/p+1/t11-,12+,14?,15-,17+,29?/m0/s1. The van der Waals surface area contributed by atoms with Crippen molar-refractivity contribution in [1.29, 1.82) is 0 Å². The van der Waals surface area contributed by atoms with E-state index >= 15 is 0 Å². The van der Waals surface area contributed by atoms with E-state index in [0.717, 1.165) is 0 Å². The van der Waals surface area contributed by atoms with E-state index in [2.05, 4.69) is 16.5 Å². The Morgan fingerprint density at radius 2 is 2.17 bits per heavy atom. The summed E-state index contributed by atoms with van der Waals surface area (Å²) in [4.78, 5) is 19.4. The number of rotatable bonds is 9. The van der Waals surface area contributed by atoms with Crippen LogP contribution in [0, 0.1) is 0 Å². The second-order valence-electron chi connectivity index (χ2n) is 6.94. The second kappa shape index (κ2) is 9.09. The predicted octanol–water partition coefficient (Wildman–Crippen LogP) is -0.761.